The summed E-state index contributed by atoms with van der Waals surface area (Å²) in [4.78, 5) is 14.2. The van der Waals surface area contributed by atoms with E-state index in [-0.39, 0.29) is 18.1 Å². The third kappa shape index (κ3) is 4.60. The fraction of sp³-hybridized carbons (Fsp3) is 0.381. The molecule has 148 valence electrons. The number of benzene rings is 1. The van der Waals surface area contributed by atoms with Crippen LogP contribution in [0.3, 0.4) is 0 Å². The molecule has 0 fully saturated rings. The molecule has 0 saturated heterocycles. The van der Waals surface area contributed by atoms with Gasteiger partial charge < -0.3 is 9.64 Å². The Bertz CT molecular complexity index is 934. The molecule has 1 aromatic carbocycles. The minimum atomic E-state index is -0.144. The van der Waals surface area contributed by atoms with Crippen LogP contribution < -0.4 is 4.74 Å². The Kier molecular flexibility index (Phi) is 5.53. The van der Waals surface area contributed by atoms with Crippen LogP contribution in [0.25, 0.3) is 0 Å². The lowest BCUT2D eigenvalue weighted by Gasteiger charge is -2.19. The highest BCUT2D eigenvalue weighted by atomic mass is 16.5. The standard InChI is InChI=1S/C21H27N5O2/c1-21(2,3)16-6-8-18(9-7-16)28-15-26-13-11-19(23-26)20(27)24(4)14-17-10-12-22-25(17)5/h6-13H,14-15H2,1-5H3. The predicted molar refractivity (Wildman–Crippen MR) is 107 cm³/mol. The minimum absolute atomic E-state index is 0.108. The second-order valence-corrected chi connectivity index (χ2v) is 7.90. The molecule has 0 bridgehead atoms. The molecule has 7 nitrogen and oxygen atoms in total. The van der Waals surface area contributed by atoms with Gasteiger partial charge in [-0.2, -0.15) is 10.2 Å². The van der Waals surface area contributed by atoms with Gasteiger partial charge in [0.1, 0.15) is 5.75 Å². The van der Waals surface area contributed by atoms with Crippen molar-refractivity contribution in [1.82, 2.24) is 24.5 Å². The Labute approximate surface area is 165 Å². The summed E-state index contributed by atoms with van der Waals surface area (Å²) in [5, 5.41) is 8.45. The van der Waals surface area contributed by atoms with Gasteiger partial charge in [-0.3, -0.25) is 9.48 Å². The molecule has 0 aliphatic carbocycles. The zero-order valence-electron chi connectivity index (χ0n) is 17.1. The summed E-state index contributed by atoms with van der Waals surface area (Å²) >= 11 is 0. The van der Waals surface area contributed by atoms with Crippen molar-refractivity contribution >= 4 is 5.91 Å². The smallest absolute Gasteiger partial charge is 0.274 e. The molecular weight excluding hydrogens is 354 g/mol. The maximum Gasteiger partial charge on any atom is 0.274 e. The lowest BCUT2D eigenvalue weighted by atomic mass is 9.87. The summed E-state index contributed by atoms with van der Waals surface area (Å²) in [7, 11) is 3.61. The second-order valence-electron chi connectivity index (χ2n) is 7.90. The van der Waals surface area contributed by atoms with Crippen LogP contribution in [0.5, 0.6) is 5.75 Å². The number of amides is 1. The molecule has 0 radical (unpaired) electrons. The molecule has 0 unspecified atom stereocenters. The maximum absolute atomic E-state index is 12.6. The number of ether oxygens (including phenoxy) is 1. The minimum Gasteiger partial charge on any atom is -0.471 e. The lowest BCUT2D eigenvalue weighted by Crippen LogP contribution is -2.27. The van der Waals surface area contributed by atoms with Crippen LogP contribution in [-0.4, -0.2) is 37.4 Å². The molecule has 0 saturated carbocycles. The van der Waals surface area contributed by atoms with E-state index in [1.54, 1.807) is 39.8 Å². The van der Waals surface area contributed by atoms with Gasteiger partial charge in [-0.1, -0.05) is 32.9 Å². The van der Waals surface area contributed by atoms with Crippen molar-refractivity contribution in [3.05, 3.63) is 65.7 Å². The van der Waals surface area contributed by atoms with Gasteiger partial charge in [0.2, 0.25) is 0 Å². The molecule has 0 N–H and O–H groups in total. The average molecular weight is 381 g/mol. The molecular formula is C21H27N5O2. The molecule has 0 atom stereocenters. The Morgan fingerprint density at radius 1 is 1.14 bits per heavy atom. The molecule has 3 rings (SSSR count). The van der Waals surface area contributed by atoms with Crippen molar-refractivity contribution in [2.24, 2.45) is 7.05 Å². The number of carbonyl (C=O) groups excluding carboxylic acids is 1. The summed E-state index contributed by atoms with van der Waals surface area (Å²) in [5.41, 5.74) is 2.70. The Balaban J connectivity index is 1.57. The first-order valence-corrected chi connectivity index (χ1v) is 9.23. The summed E-state index contributed by atoms with van der Waals surface area (Å²) < 4.78 is 9.14. The van der Waals surface area contributed by atoms with E-state index in [9.17, 15) is 4.79 Å². The number of rotatable bonds is 6. The summed E-state index contributed by atoms with van der Waals surface area (Å²) in [5.74, 6) is 0.624. The van der Waals surface area contributed by atoms with Crippen LogP contribution in [-0.2, 0) is 25.7 Å². The topological polar surface area (TPSA) is 65.2 Å². The van der Waals surface area contributed by atoms with Gasteiger partial charge in [-0.15, -0.1) is 0 Å². The number of hydrogen-bond donors (Lipinski definition) is 0. The Morgan fingerprint density at radius 2 is 1.86 bits per heavy atom. The first-order valence-electron chi connectivity index (χ1n) is 9.23. The molecule has 0 aliphatic rings. The number of carbonyl (C=O) groups is 1. The molecule has 2 aromatic heterocycles. The van der Waals surface area contributed by atoms with Crippen molar-refractivity contribution in [2.45, 2.75) is 39.5 Å². The van der Waals surface area contributed by atoms with Crippen LogP contribution >= 0.6 is 0 Å². The molecule has 28 heavy (non-hydrogen) atoms. The fourth-order valence-electron chi connectivity index (χ4n) is 2.81. The molecule has 0 spiro atoms. The van der Waals surface area contributed by atoms with Gasteiger partial charge in [0.05, 0.1) is 12.2 Å². The zero-order chi connectivity index (χ0) is 20.3. The van der Waals surface area contributed by atoms with Crippen LogP contribution in [0.4, 0.5) is 0 Å². The number of aromatic nitrogens is 4. The average Bonchev–Trinajstić information content (AvgIpc) is 3.28. The van der Waals surface area contributed by atoms with Crippen molar-refractivity contribution < 1.29 is 9.53 Å². The predicted octanol–water partition coefficient (Wildman–Crippen LogP) is 3.22. The zero-order valence-corrected chi connectivity index (χ0v) is 17.1. The van der Waals surface area contributed by atoms with Gasteiger partial charge >= 0.3 is 0 Å². The molecule has 7 heteroatoms. The first-order chi connectivity index (χ1) is 13.2. The van der Waals surface area contributed by atoms with Crippen LogP contribution in [0, 0.1) is 0 Å². The molecule has 0 aliphatic heterocycles. The van der Waals surface area contributed by atoms with Gasteiger partial charge in [-0.25, -0.2) is 4.68 Å². The highest BCUT2D eigenvalue weighted by Crippen LogP contribution is 2.24. The van der Waals surface area contributed by atoms with Crippen LogP contribution in [0.2, 0.25) is 0 Å². The first kappa shape index (κ1) is 19.7. The third-order valence-corrected chi connectivity index (χ3v) is 4.61. The lowest BCUT2D eigenvalue weighted by molar-refractivity contribution is 0.0774. The van der Waals surface area contributed by atoms with Crippen LogP contribution in [0.1, 0.15) is 42.5 Å². The second kappa shape index (κ2) is 7.88. The van der Waals surface area contributed by atoms with Gasteiger partial charge in [-0.05, 0) is 35.2 Å². The summed E-state index contributed by atoms with van der Waals surface area (Å²) in [6, 6.07) is 11.6. The van der Waals surface area contributed by atoms with Gasteiger partial charge in [0.25, 0.3) is 5.91 Å². The van der Waals surface area contributed by atoms with E-state index in [0.717, 1.165) is 11.4 Å². The van der Waals surface area contributed by atoms with Crippen molar-refractivity contribution in [2.75, 3.05) is 7.05 Å². The van der Waals surface area contributed by atoms with E-state index in [1.165, 1.54) is 5.56 Å². The van der Waals surface area contributed by atoms with E-state index in [4.69, 9.17) is 4.74 Å². The number of hydrogen-bond acceptors (Lipinski definition) is 4. The number of nitrogens with zero attached hydrogens (tertiary/aromatic N) is 5. The molecule has 2 heterocycles. The van der Waals surface area contributed by atoms with Crippen LogP contribution in [0.15, 0.2) is 48.8 Å². The van der Waals surface area contributed by atoms with Crippen molar-refractivity contribution in [3.8, 4) is 5.75 Å². The Morgan fingerprint density at radius 3 is 2.46 bits per heavy atom. The van der Waals surface area contributed by atoms with E-state index in [0.29, 0.717) is 12.2 Å². The molecule has 1 amide bonds. The normalized spacial score (nSPS) is 11.5. The third-order valence-electron chi connectivity index (χ3n) is 4.61. The van der Waals surface area contributed by atoms with E-state index in [2.05, 4.69) is 43.1 Å². The highest BCUT2D eigenvalue weighted by molar-refractivity contribution is 5.91. The number of aryl methyl sites for hydroxylation is 1. The maximum atomic E-state index is 12.6. The van der Waals surface area contributed by atoms with Gasteiger partial charge in [0.15, 0.2) is 12.4 Å². The van der Waals surface area contributed by atoms with E-state index in [1.807, 2.05) is 25.2 Å². The van der Waals surface area contributed by atoms with E-state index >= 15 is 0 Å². The molecule has 3 aromatic rings. The quantitative estimate of drug-likeness (QED) is 0.658. The van der Waals surface area contributed by atoms with E-state index < -0.39 is 0 Å². The van der Waals surface area contributed by atoms with Gasteiger partial charge in [0, 0.05) is 26.5 Å². The van der Waals surface area contributed by atoms with Crippen molar-refractivity contribution in [3.63, 3.8) is 0 Å². The fourth-order valence-corrected chi connectivity index (χ4v) is 2.81. The Hall–Kier alpha value is -3.09. The van der Waals surface area contributed by atoms with Crippen molar-refractivity contribution in [1.29, 1.82) is 0 Å². The SMILES string of the molecule is CN(Cc1ccnn1C)C(=O)c1ccn(COc2ccc(C(C)(C)C)cc2)n1. The summed E-state index contributed by atoms with van der Waals surface area (Å²) in [6.45, 7) is 7.25. The highest BCUT2D eigenvalue weighted by Gasteiger charge is 2.16. The monoisotopic (exact) mass is 381 g/mol. The summed E-state index contributed by atoms with van der Waals surface area (Å²) in [6.07, 6.45) is 3.46. The largest absolute Gasteiger partial charge is 0.471 e.